The van der Waals surface area contributed by atoms with E-state index in [1.807, 2.05) is 0 Å². The van der Waals surface area contributed by atoms with Crippen molar-refractivity contribution in [3.8, 4) is 0 Å². The Labute approximate surface area is 125 Å². The van der Waals surface area contributed by atoms with E-state index < -0.39 is 40.8 Å². The number of ether oxygens (including phenoxy) is 1. The van der Waals surface area contributed by atoms with Gasteiger partial charge in [0.25, 0.3) is 0 Å². The summed E-state index contributed by atoms with van der Waals surface area (Å²) >= 11 is 0. The van der Waals surface area contributed by atoms with Gasteiger partial charge >= 0.3 is 0 Å². The molecule has 3 nitrogen and oxygen atoms in total. The number of rotatable bonds is 6. The lowest BCUT2D eigenvalue weighted by Gasteiger charge is -2.40. The Bertz CT molecular complexity index is 547. The molecule has 2 rings (SSSR count). The highest BCUT2D eigenvalue weighted by Gasteiger charge is 2.43. The molecule has 7 heteroatoms. The van der Waals surface area contributed by atoms with E-state index in [1.54, 1.807) is 0 Å². The van der Waals surface area contributed by atoms with Crippen molar-refractivity contribution in [3.63, 3.8) is 0 Å². The van der Waals surface area contributed by atoms with E-state index in [0.717, 1.165) is 6.42 Å². The minimum absolute atomic E-state index is 0.141. The molecular weight excluding hydrogens is 302 g/mol. The van der Waals surface area contributed by atoms with Crippen molar-refractivity contribution in [1.82, 2.24) is 5.32 Å². The molecule has 0 spiro atoms. The van der Waals surface area contributed by atoms with Gasteiger partial charge in [-0.25, -0.2) is 17.6 Å². The molecular formula is C15H17F4NO2. The number of carbonyl (C=O) groups excluding carboxylic acids is 1. The molecule has 1 N–H and O–H groups in total. The van der Waals surface area contributed by atoms with Gasteiger partial charge in [-0.3, -0.25) is 4.79 Å². The topological polar surface area (TPSA) is 38.3 Å². The van der Waals surface area contributed by atoms with Crippen LogP contribution in [0.1, 0.15) is 31.2 Å². The van der Waals surface area contributed by atoms with Crippen LogP contribution in [0.15, 0.2) is 6.07 Å². The third-order valence-electron chi connectivity index (χ3n) is 4.21. The summed E-state index contributed by atoms with van der Waals surface area (Å²) in [5, 5.41) is 2.38. The second-order valence-corrected chi connectivity index (χ2v) is 5.51. The van der Waals surface area contributed by atoms with Gasteiger partial charge in [0.15, 0.2) is 23.3 Å². The molecule has 0 radical (unpaired) electrons. The van der Waals surface area contributed by atoms with Crippen molar-refractivity contribution in [1.29, 1.82) is 0 Å². The van der Waals surface area contributed by atoms with Crippen LogP contribution >= 0.6 is 0 Å². The number of benzene rings is 1. The van der Waals surface area contributed by atoms with Crippen molar-refractivity contribution < 1.29 is 27.1 Å². The zero-order valence-corrected chi connectivity index (χ0v) is 12.1. The predicted molar refractivity (Wildman–Crippen MR) is 70.9 cm³/mol. The maximum atomic E-state index is 13.5. The zero-order chi connectivity index (χ0) is 16.3. The molecule has 1 aliphatic carbocycles. The first kappa shape index (κ1) is 16.7. The monoisotopic (exact) mass is 319 g/mol. The van der Waals surface area contributed by atoms with Crippen LogP contribution < -0.4 is 5.32 Å². The number of amides is 1. The fraction of sp³-hybridized carbons (Fsp3) is 0.533. The first-order valence-electron chi connectivity index (χ1n) is 7.00. The molecule has 0 unspecified atom stereocenters. The molecule has 22 heavy (non-hydrogen) atoms. The summed E-state index contributed by atoms with van der Waals surface area (Å²) in [6, 6.07) is 0.141. The van der Waals surface area contributed by atoms with E-state index in [-0.39, 0.29) is 12.0 Å². The average Bonchev–Trinajstić information content (AvgIpc) is 2.44. The summed E-state index contributed by atoms with van der Waals surface area (Å²) < 4.78 is 58.2. The molecule has 1 aromatic rings. The van der Waals surface area contributed by atoms with Crippen molar-refractivity contribution in [3.05, 3.63) is 34.9 Å². The fourth-order valence-corrected chi connectivity index (χ4v) is 2.63. The van der Waals surface area contributed by atoms with E-state index in [9.17, 15) is 22.4 Å². The van der Waals surface area contributed by atoms with Crippen LogP contribution in [-0.4, -0.2) is 19.6 Å². The molecule has 0 bridgehead atoms. The molecule has 0 aromatic heterocycles. The van der Waals surface area contributed by atoms with Gasteiger partial charge in [0, 0.05) is 31.9 Å². The van der Waals surface area contributed by atoms with Crippen LogP contribution in [-0.2, 0) is 16.1 Å². The first-order chi connectivity index (χ1) is 10.4. The molecule has 122 valence electrons. The van der Waals surface area contributed by atoms with Crippen molar-refractivity contribution in [2.75, 3.05) is 13.7 Å². The maximum absolute atomic E-state index is 13.5. The van der Waals surface area contributed by atoms with E-state index in [1.165, 1.54) is 7.11 Å². The zero-order valence-electron chi connectivity index (χ0n) is 12.1. The van der Waals surface area contributed by atoms with E-state index in [4.69, 9.17) is 4.74 Å². The van der Waals surface area contributed by atoms with Gasteiger partial charge in [-0.15, -0.1) is 0 Å². The molecule has 0 saturated heterocycles. The quantitative estimate of drug-likeness (QED) is 0.646. The second-order valence-electron chi connectivity index (χ2n) is 5.51. The third-order valence-corrected chi connectivity index (χ3v) is 4.21. The van der Waals surface area contributed by atoms with E-state index >= 15 is 0 Å². The van der Waals surface area contributed by atoms with Crippen LogP contribution in [0.5, 0.6) is 0 Å². The largest absolute Gasteiger partial charge is 0.385 e. The van der Waals surface area contributed by atoms with E-state index in [0.29, 0.717) is 25.9 Å². The van der Waals surface area contributed by atoms with E-state index in [2.05, 4.69) is 5.32 Å². The lowest BCUT2D eigenvalue weighted by Crippen LogP contribution is -2.46. The highest BCUT2D eigenvalue weighted by atomic mass is 19.2. The highest BCUT2D eigenvalue weighted by molar-refractivity contribution is 5.83. The molecule has 0 aliphatic heterocycles. The Morgan fingerprint density at radius 1 is 1.23 bits per heavy atom. The summed E-state index contributed by atoms with van der Waals surface area (Å²) in [5.74, 6) is -6.32. The Morgan fingerprint density at radius 3 is 2.27 bits per heavy atom. The normalized spacial score (nSPS) is 16.2. The third kappa shape index (κ3) is 3.09. The molecule has 1 saturated carbocycles. The van der Waals surface area contributed by atoms with Crippen LogP contribution in [0.2, 0.25) is 0 Å². The molecule has 0 heterocycles. The number of carbonyl (C=O) groups is 1. The van der Waals surface area contributed by atoms with Gasteiger partial charge in [-0.1, -0.05) is 6.42 Å². The van der Waals surface area contributed by atoms with Gasteiger partial charge in [0.2, 0.25) is 5.91 Å². The summed E-state index contributed by atoms with van der Waals surface area (Å²) in [6.07, 6.45) is 2.70. The Kier molecular flexibility index (Phi) is 5.05. The fourth-order valence-electron chi connectivity index (χ4n) is 2.63. The average molecular weight is 319 g/mol. The minimum atomic E-state index is -1.49. The molecule has 0 atom stereocenters. The number of methoxy groups -OCH3 is 1. The second kappa shape index (κ2) is 6.64. The number of nitrogens with one attached hydrogen (secondary N) is 1. The van der Waals surface area contributed by atoms with Gasteiger partial charge < -0.3 is 10.1 Å². The van der Waals surface area contributed by atoms with Crippen molar-refractivity contribution >= 4 is 5.91 Å². The standard InChI is InChI=1S/C15H17F4NO2/c1-22-6-5-15(3-2-4-15)14(21)20-8-9-12(18)10(16)7-11(17)13(9)19/h7H,2-6,8H2,1H3,(H,20,21). The van der Waals surface area contributed by atoms with Crippen molar-refractivity contribution in [2.45, 2.75) is 32.2 Å². The van der Waals surface area contributed by atoms with Gasteiger partial charge in [0.1, 0.15) is 0 Å². The minimum Gasteiger partial charge on any atom is -0.385 e. The molecule has 1 fully saturated rings. The lowest BCUT2D eigenvalue weighted by atomic mass is 9.66. The number of hydrogen-bond acceptors (Lipinski definition) is 2. The predicted octanol–water partition coefficient (Wildman–Crippen LogP) is 3.07. The Balaban J connectivity index is 2.08. The maximum Gasteiger partial charge on any atom is 0.226 e. The molecule has 1 aromatic carbocycles. The first-order valence-corrected chi connectivity index (χ1v) is 7.00. The molecule has 1 amide bonds. The smallest absolute Gasteiger partial charge is 0.226 e. The number of hydrogen-bond donors (Lipinski definition) is 1. The summed E-state index contributed by atoms with van der Waals surface area (Å²) in [7, 11) is 1.52. The van der Waals surface area contributed by atoms with Crippen LogP contribution in [0.25, 0.3) is 0 Å². The summed E-state index contributed by atoms with van der Waals surface area (Å²) in [6.45, 7) is -0.204. The van der Waals surface area contributed by atoms with Crippen LogP contribution in [0, 0.1) is 28.7 Å². The van der Waals surface area contributed by atoms with Crippen molar-refractivity contribution in [2.24, 2.45) is 5.41 Å². The van der Waals surface area contributed by atoms with Gasteiger partial charge in [0.05, 0.1) is 5.41 Å². The summed E-state index contributed by atoms with van der Waals surface area (Å²) in [4.78, 5) is 12.2. The summed E-state index contributed by atoms with van der Waals surface area (Å²) in [5.41, 5.74) is -1.43. The SMILES string of the molecule is COCCC1(C(=O)NCc2c(F)c(F)cc(F)c2F)CCC1. The number of halogens is 4. The highest BCUT2D eigenvalue weighted by Crippen LogP contribution is 2.44. The van der Waals surface area contributed by atoms with Gasteiger partial charge in [-0.2, -0.15) is 0 Å². The lowest BCUT2D eigenvalue weighted by molar-refractivity contribution is -0.137. The Morgan fingerprint density at radius 2 is 1.82 bits per heavy atom. The van der Waals surface area contributed by atoms with Crippen LogP contribution in [0.3, 0.4) is 0 Å². The van der Waals surface area contributed by atoms with Crippen LogP contribution in [0.4, 0.5) is 17.6 Å². The van der Waals surface area contributed by atoms with Gasteiger partial charge in [-0.05, 0) is 19.3 Å². The Hall–Kier alpha value is -1.63. The molecule has 1 aliphatic rings.